The Morgan fingerprint density at radius 3 is 1.94 bits per heavy atom. The van der Waals surface area contributed by atoms with Gasteiger partial charge in [-0.05, 0) is 55.8 Å². The van der Waals surface area contributed by atoms with Crippen molar-refractivity contribution in [1.82, 2.24) is 0 Å². The van der Waals surface area contributed by atoms with Crippen LogP contribution >= 0.6 is 0 Å². The Kier molecular flexibility index (Phi) is 4.65. The van der Waals surface area contributed by atoms with Crippen LogP contribution in [-0.2, 0) is 0 Å². The molecule has 0 aromatic carbocycles. The predicted molar refractivity (Wildman–Crippen MR) is 78.4 cm³/mol. The van der Waals surface area contributed by atoms with Gasteiger partial charge in [-0.25, -0.2) is 0 Å². The van der Waals surface area contributed by atoms with Crippen molar-refractivity contribution in [3.8, 4) is 0 Å². The van der Waals surface area contributed by atoms with Gasteiger partial charge < -0.3 is 0 Å². The van der Waals surface area contributed by atoms with Gasteiger partial charge in [-0.3, -0.25) is 0 Å². The van der Waals surface area contributed by atoms with Crippen LogP contribution in [0.25, 0.3) is 0 Å². The highest BCUT2D eigenvalue weighted by Crippen LogP contribution is 2.53. The molecule has 1 radical (unpaired) electrons. The number of hydrogen-bond acceptors (Lipinski definition) is 0. The summed E-state index contributed by atoms with van der Waals surface area (Å²) in [4.78, 5) is 0. The van der Waals surface area contributed by atoms with Crippen molar-refractivity contribution in [3.05, 3.63) is 5.92 Å². The topological polar surface area (TPSA) is 0 Å². The first-order valence-corrected chi connectivity index (χ1v) is 8.81. The van der Waals surface area contributed by atoms with Crippen molar-refractivity contribution in [2.45, 2.75) is 89.9 Å². The van der Waals surface area contributed by atoms with Crippen molar-refractivity contribution in [2.24, 2.45) is 17.8 Å². The van der Waals surface area contributed by atoms with Crippen molar-refractivity contribution in [2.75, 3.05) is 0 Å². The molecular formula is C18H31. The van der Waals surface area contributed by atoms with Gasteiger partial charge in [0.2, 0.25) is 0 Å². The molecule has 0 heterocycles. The van der Waals surface area contributed by atoms with Gasteiger partial charge in [0.25, 0.3) is 0 Å². The Hall–Kier alpha value is 0. The zero-order valence-corrected chi connectivity index (χ0v) is 12.1. The molecule has 0 bridgehead atoms. The fourth-order valence-electron chi connectivity index (χ4n) is 5.10. The predicted octanol–water partition coefficient (Wildman–Crippen LogP) is 5.91. The van der Waals surface area contributed by atoms with E-state index < -0.39 is 0 Å². The van der Waals surface area contributed by atoms with Gasteiger partial charge in [-0.1, -0.05) is 57.8 Å². The Bertz CT molecular complexity index is 234. The lowest BCUT2D eigenvalue weighted by atomic mass is 9.76. The van der Waals surface area contributed by atoms with E-state index in [0.29, 0.717) is 0 Å². The zero-order valence-electron chi connectivity index (χ0n) is 12.1. The lowest BCUT2D eigenvalue weighted by molar-refractivity contribution is 0.345. The molecule has 2 unspecified atom stereocenters. The molecular weight excluding hydrogens is 216 g/mol. The van der Waals surface area contributed by atoms with Gasteiger partial charge in [0, 0.05) is 0 Å². The molecule has 18 heavy (non-hydrogen) atoms. The van der Waals surface area contributed by atoms with Crippen LogP contribution < -0.4 is 0 Å². The molecule has 0 aromatic rings. The van der Waals surface area contributed by atoms with E-state index in [2.05, 4.69) is 5.92 Å². The second-order valence-corrected chi connectivity index (χ2v) is 7.16. The first-order valence-electron chi connectivity index (χ1n) is 8.81. The second-order valence-electron chi connectivity index (χ2n) is 7.16. The monoisotopic (exact) mass is 247 g/mol. The summed E-state index contributed by atoms with van der Waals surface area (Å²) in [6.45, 7) is 0. The average Bonchev–Trinajstić information content (AvgIpc) is 2.98. The zero-order chi connectivity index (χ0) is 12.2. The molecule has 3 fully saturated rings. The van der Waals surface area contributed by atoms with E-state index in [9.17, 15) is 0 Å². The maximum Gasteiger partial charge on any atom is -0.0176 e. The lowest BCUT2D eigenvalue weighted by Gasteiger charge is -2.29. The molecule has 2 atom stereocenters. The molecule has 0 aromatic heterocycles. The first-order chi connectivity index (χ1) is 8.95. The highest BCUT2D eigenvalue weighted by molar-refractivity contribution is 5.11. The van der Waals surface area contributed by atoms with Crippen LogP contribution in [0.2, 0.25) is 0 Å². The van der Waals surface area contributed by atoms with Crippen molar-refractivity contribution in [3.63, 3.8) is 0 Å². The minimum Gasteiger partial charge on any atom is -0.0533 e. The van der Waals surface area contributed by atoms with E-state index in [1.165, 1.54) is 57.8 Å². The summed E-state index contributed by atoms with van der Waals surface area (Å²) in [6.07, 6.45) is 21.4. The minimum absolute atomic E-state index is 1.04. The third-order valence-corrected chi connectivity index (χ3v) is 6.07. The molecule has 0 heteroatoms. The highest BCUT2D eigenvalue weighted by atomic mass is 14.5. The summed E-state index contributed by atoms with van der Waals surface area (Å²) in [7, 11) is 0. The maximum atomic E-state index is 2.05. The summed E-state index contributed by atoms with van der Waals surface area (Å²) >= 11 is 0. The molecule has 0 saturated heterocycles. The van der Waals surface area contributed by atoms with Crippen LogP contribution in [0, 0.1) is 23.7 Å². The van der Waals surface area contributed by atoms with Crippen LogP contribution in [0.1, 0.15) is 89.9 Å². The molecule has 0 amide bonds. The van der Waals surface area contributed by atoms with E-state index in [1.807, 2.05) is 0 Å². The quantitative estimate of drug-likeness (QED) is 0.540. The molecule has 0 N–H and O–H groups in total. The molecule has 0 aliphatic heterocycles. The highest BCUT2D eigenvalue weighted by Gasteiger charge is 2.42. The third-order valence-electron chi connectivity index (χ3n) is 6.07. The lowest BCUT2D eigenvalue weighted by Crippen LogP contribution is -2.18. The molecule has 0 nitrogen and oxygen atoms in total. The van der Waals surface area contributed by atoms with Crippen LogP contribution in [0.4, 0.5) is 0 Å². The van der Waals surface area contributed by atoms with E-state index >= 15 is 0 Å². The third kappa shape index (κ3) is 2.94. The molecule has 3 aliphatic carbocycles. The molecule has 3 rings (SSSR count). The first kappa shape index (κ1) is 13.0. The number of fused-ring (bicyclic) bond motifs is 1. The van der Waals surface area contributed by atoms with E-state index in [0.717, 1.165) is 17.8 Å². The Labute approximate surface area is 114 Å². The number of rotatable bonds is 1. The minimum atomic E-state index is 1.04. The van der Waals surface area contributed by atoms with Crippen LogP contribution in [-0.4, -0.2) is 0 Å². The summed E-state index contributed by atoms with van der Waals surface area (Å²) in [5.41, 5.74) is 0. The summed E-state index contributed by atoms with van der Waals surface area (Å²) in [6, 6.07) is 0. The second kappa shape index (κ2) is 6.44. The van der Waals surface area contributed by atoms with E-state index in [-0.39, 0.29) is 0 Å². The Morgan fingerprint density at radius 2 is 1.22 bits per heavy atom. The molecule has 3 saturated carbocycles. The van der Waals surface area contributed by atoms with Crippen LogP contribution in [0.5, 0.6) is 0 Å². The maximum absolute atomic E-state index is 2.05. The molecule has 3 aliphatic rings. The summed E-state index contributed by atoms with van der Waals surface area (Å²) in [5, 5.41) is 0. The fraction of sp³-hybridized carbons (Fsp3) is 0.944. The van der Waals surface area contributed by atoms with Gasteiger partial charge >= 0.3 is 0 Å². The summed E-state index contributed by atoms with van der Waals surface area (Å²) < 4.78 is 0. The van der Waals surface area contributed by atoms with E-state index in [4.69, 9.17) is 0 Å². The van der Waals surface area contributed by atoms with E-state index in [1.54, 1.807) is 32.1 Å². The largest absolute Gasteiger partial charge is 0.0533 e. The van der Waals surface area contributed by atoms with Gasteiger partial charge in [-0.2, -0.15) is 0 Å². The van der Waals surface area contributed by atoms with Crippen LogP contribution in [0.15, 0.2) is 0 Å². The van der Waals surface area contributed by atoms with Gasteiger partial charge in [0.1, 0.15) is 0 Å². The summed E-state index contributed by atoms with van der Waals surface area (Å²) in [5.74, 6) is 5.29. The van der Waals surface area contributed by atoms with Gasteiger partial charge in [0.05, 0.1) is 0 Å². The van der Waals surface area contributed by atoms with Crippen LogP contribution in [0.3, 0.4) is 0 Å². The Balaban J connectivity index is 1.57. The average molecular weight is 247 g/mol. The van der Waals surface area contributed by atoms with Crippen molar-refractivity contribution >= 4 is 0 Å². The normalized spacial score (nSPS) is 36.7. The van der Waals surface area contributed by atoms with Gasteiger partial charge in [-0.15, -0.1) is 0 Å². The smallest absolute Gasteiger partial charge is 0.0176 e. The molecule has 103 valence electrons. The molecule has 0 spiro atoms. The number of hydrogen-bond donors (Lipinski definition) is 0. The van der Waals surface area contributed by atoms with Crippen molar-refractivity contribution < 1.29 is 0 Å². The Morgan fingerprint density at radius 1 is 0.556 bits per heavy atom. The fourth-order valence-corrected chi connectivity index (χ4v) is 5.10. The van der Waals surface area contributed by atoms with Gasteiger partial charge in [0.15, 0.2) is 0 Å². The SMILES string of the molecule is C1CCCCC([C]2CCC3CCCC23)CCCC1. The van der Waals surface area contributed by atoms with Crippen molar-refractivity contribution in [1.29, 1.82) is 0 Å². The standard InChI is InChI=1S/C18H31/c1-2-4-6-9-15(10-7-5-3-1)18-14-13-16-11-8-12-17(16)18/h15-17H,1-14H2.